The number of carbonyl (C=O) groups is 2. The van der Waals surface area contributed by atoms with Crippen LogP contribution in [0.15, 0.2) is 24.3 Å². The van der Waals surface area contributed by atoms with Gasteiger partial charge in [-0.2, -0.15) is 0 Å². The number of rotatable bonds is 4. The highest BCUT2D eigenvalue weighted by Crippen LogP contribution is 2.40. The fourth-order valence-electron chi connectivity index (χ4n) is 2.84. The van der Waals surface area contributed by atoms with Crippen LogP contribution >= 0.6 is 0 Å². The van der Waals surface area contributed by atoms with Crippen LogP contribution in [-0.2, 0) is 9.47 Å². The lowest BCUT2D eigenvalue weighted by Crippen LogP contribution is -2.23. The molecule has 3 unspecified atom stereocenters. The van der Waals surface area contributed by atoms with Gasteiger partial charge in [0.2, 0.25) is 0 Å². The quantitative estimate of drug-likeness (QED) is 0.673. The molecule has 5 heteroatoms. The average Bonchev–Trinajstić information content (AvgIpc) is 3.24. The maximum Gasteiger partial charge on any atom is 0.339 e. The lowest BCUT2D eigenvalue weighted by Gasteiger charge is -2.18. The molecule has 1 saturated carbocycles. The van der Waals surface area contributed by atoms with Crippen molar-refractivity contribution in [1.82, 2.24) is 0 Å². The molecule has 0 radical (unpaired) electrons. The lowest BCUT2D eigenvalue weighted by molar-refractivity contribution is 0.0399. The standard InChI is InChI=1S/C15H16O5/c16-14(17)10-5-1-2-6-11(10)15(18)19-8-9-4-3-7-12-13(9)20-12/h1-2,5-6,9,12-13H,3-4,7-8H2,(H,16,17). The molecule has 1 aromatic rings. The van der Waals surface area contributed by atoms with Crippen LogP contribution in [-0.4, -0.2) is 35.9 Å². The van der Waals surface area contributed by atoms with Crippen molar-refractivity contribution in [1.29, 1.82) is 0 Å². The zero-order valence-corrected chi connectivity index (χ0v) is 11.0. The van der Waals surface area contributed by atoms with E-state index in [1.54, 1.807) is 12.1 Å². The molecule has 1 aromatic carbocycles. The van der Waals surface area contributed by atoms with Crippen molar-refractivity contribution in [2.24, 2.45) is 5.92 Å². The Balaban J connectivity index is 1.63. The van der Waals surface area contributed by atoms with Crippen LogP contribution in [0.2, 0.25) is 0 Å². The zero-order chi connectivity index (χ0) is 14.1. The van der Waals surface area contributed by atoms with Gasteiger partial charge in [-0.05, 0) is 25.0 Å². The molecule has 2 aliphatic rings. The molecule has 1 aliphatic heterocycles. The summed E-state index contributed by atoms with van der Waals surface area (Å²) in [5.41, 5.74) is 0.0748. The SMILES string of the molecule is O=C(O)c1ccccc1C(=O)OCC1CCCC2OC12. The summed E-state index contributed by atoms with van der Waals surface area (Å²) in [4.78, 5) is 23.1. The first-order valence-corrected chi connectivity index (χ1v) is 6.81. The van der Waals surface area contributed by atoms with Crippen LogP contribution in [0.5, 0.6) is 0 Å². The number of esters is 1. The molecule has 0 aromatic heterocycles. The van der Waals surface area contributed by atoms with Gasteiger partial charge in [0.15, 0.2) is 0 Å². The largest absolute Gasteiger partial charge is 0.478 e. The number of benzene rings is 1. The van der Waals surface area contributed by atoms with E-state index < -0.39 is 11.9 Å². The zero-order valence-electron chi connectivity index (χ0n) is 11.0. The molecule has 0 amide bonds. The first-order chi connectivity index (χ1) is 9.66. The number of fused-ring (bicyclic) bond motifs is 1. The summed E-state index contributed by atoms with van der Waals surface area (Å²) in [6, 6.07) is 6.09. The second kappa shape index (κ2) is 5.25. The molecule has 5 nitrogen and oxygen atoms in total. The van der Waals surface area contributed by atoms with Gasteiger partial charge in [-0.3, -0.25) is 0 Å². The van der Waals surface area contributed by atoms with Gasteiger partial charge < -0.3 is 14.6 Å². The van der Waals surface area contributed by atoms with Crippen molar-refractivity contribution >= 4 is 11.9 Å². The van der Waals surface area contributed by atoms with E-state index in [9.17, 15) is 9.59 Å². The molecule has 1 aliphatic carbocycles. The van der Waals surface area contributed by atoms with Gasteiger partial charge >= 0.3 is 11.9 Å². The number of epoxide rings is 1. The number of carboxylic acid groups (broad SMARTS) is 1. The van der Waals surface area contributed by atoms with E-state index in [-0.39, 0.29) is 23.1 Å². The molecule has 106 valence electrons. The Hall–Kier alpha value is -1.88. The Morgan fingerprint density at radius 3 is 2.75 bits per heavy atom. The molecule has 1 heterocycles. The summed E-state index contributed by atoms with van der Waals surface area (Å²) in [5, 5.41) is 9.05. The highest BCUT2D eigenvalue weighted by Gasteiger charge is 2.47. The van der Waals surface area contributed by atoms with Crippen LogP contribution in [0.1, 0.15) is 40.0 Å². The van der Waals surface area contributed by atoms with Crippen LogP contribution in [0.3, 0.4) is 0 Å². The predicted molar refractivity (Wildman–Crippen MR) is 69.7 cm³/mol. The predicted octanol–water partition coefficient (Wildman–Crippen LogP) is 2.11. The highest BCUT2D eigenvalue weighted by atomic mass is 16.6. The Morgan fingerprint density at radius 2 is 2.00 bits per heavy atom. The van der Waals surface area contributed by atoms with Crippen molar-refractivity contribution in [2.75, 3.05) is 6.61 Å². The average molecular weight is 276 g/mol. The van der Waals surface area contributed by atoms with Crippen molar-refractivity contribution in [3.8, 4) is 0 Å². The minimum Gasteiger partial charge on any atom is -0.478 e. The summed E-state index contributed by atoms with van der Waals surface area (Å²) in [6.07, 6.45) is 3.76. The number of carbonyl (C=O) groups excluding carboxylic acids is 1. The van der Waals surface area contributed by atoms with E-state index >= 15 is 0 Å². The van der Waals surface area contributed by atoms with Crippen LogP contribution in [0.25, 0.3) is 0 Å². The maximum absolute atomic E-state index is 12.0. The van der Waals surface area contributed by atoms with E-state index in [0.29, 0.717) is 12.7 Å². The van der Waals surface area contributed by atoms with Crippen molar-refractivity contribution in [3.63, 3.8) is 0 Å². The van der Waals surface area contributed by atoms with Crippen molar-refractivity contribution in [3.05, 3.63) is 35.4 Å². The molecule has 0 spiro atoms. The third kappa shape index (κ3) is 2.54. The summed E-state index contributed by atoms with van der Waals surface area (Å²) in [6.45, 7) is 0.300. The van der Waals surface area contributed by atoms with Gasteiger partial charge in [-0.25, -0.2) is 9.59 Å². The number of hydrogen-bond donors (Lipinski definition) is 1. The molecule has 1 saturated heterocycles. The first-order valence-electron chi connectivity index (χ1n) is 6.81. The van der Waals surface area contributed by atoms with E-state index in [2.05, 4.69) is 0 Å². The smallest absolute Gasteiger partial charge is 0.339 e. The molecule has 3 rings (SSSR count). The Kier molecular flexibility index (Phi) is 3.44. The lowest BCUT2D eigenvalue weighted by atomic mass is 9.90. The van der Waals surface area contributed by atoms with Crippen LogP contribution in [0.4, 0.5) is 0 Å². The van der Waals surface area contributed by atoms with Crippen molar-refractivity contribution in [2.45, 2.75) is 31.5 Å². The number of ether oxygens (including phenoxy) is 2. The third-order valence-corrected chi connectivity index (χ3v) is 3.96. The number of hydrogen-bond acceptors (Lipinski definition) is 4. The summed E-state index contributed by atoms with van der Waals surface area (Å²) >= 11 is 0. The van der Waals surface area contributed by atoms with E-state index in [1.165, 1.54) is 12.1 Å². The molecular formula is C15H16O5. The van der Waals surface area contributed by atoms with Gasteiger partial charge in [-0.15, -0.1) is 0 Å². The van der Waals surface area contributed by atoms with Gasteiger partial charge in [0.05, 0.1) is 29.9 Å². The molecule has 3 atom stereocenters. The first kappa shape index (κ1) is 13.1. The molecule has 0 bridgehead atoms. The molecule has 20 heavy (non-hydrogen) atoms. The second-order valence-electron chi connectivity index (χ2n) is 5.28. The van der Waals surface area contributed by atoms with Crippen LogP contribution in [0, 0.1) is 5.92 Å². The maximum atomic E-state index is 12.0. The monoisotopic (exact) mass is 276 g/mol. The fourth-order valence-corrected chi connectivity index (χ4v) is 2.84. The van der Waals surface area contributed by atoms with Gasteiger partial charge in [0.25, 0.3) is 0 Å². The Morgan fingerprint density at radius 1 is 1.25 bits per heavy atom. The Bertz CT molecular complexity index is 539. The number of aromatic carboxylic acids is 1. The summed E-state index contributed by atoms with van der Waals surface area (Å²) < 4.78 is 10.8. The van der Waals surface area contributed by atoms with E-state index in [4.69, 9.17) is 14.6 Å². The number of carboxylic acids is 1. The van der Waals surface area contributed by atoms with Gasteiger partial charge in [0.1, 0.15) is 0 Å². The third-order valence-electron chi connectivity index (χ3n) is 3.96. The van der Waals surface area contributed by atoms with Crippen LogP contribution < -0.4 is 0 Å². The van der Waals surface area contributed by atoms with Gasteiger partial charge in [-0.1, -0.05) is 18.6 Å². The van der Waals surface area contributed by atoms with Gasteiger partial charge in [0, 0.05) is 5.92 Å². The topological polar surface area (TPSA) is 76.1 Å². The normalized spacial score (nSPS) is 27.5. The second-order valence-corrected chi connectivity index (χ2v) is 5.28. The summed E-state index contributed by atoms with van der Waals surface area (Å²) in [7, 11) is 0. The summed E-state index contributed by atoms with van der Waals surface area (Å²) in [5.74, 6) is -1.46. The molecular weight excluding hydrogens is 260 g/mol. The van der Waals surface area contributed by atoms with E-state index in [1.807, 2.05) is 0 Å². The van der Waals surface area contributed by atoms with Crippen molar-refractivity contribution < 1.29 is 24.2 Å². The molecule has 2 fully saturated rings. The highest BCUT2D eigenvalue weighted by molar-refractivity contribution is 6.02. The fraction of sp³-hybridized carbons (Fsp3) is 0.467. The molecule has 1 N–H and O–H groups in total. The Labute approximate surface area is 116 Å². The minimum atomic E-state index is -1.12. The minimum absolute atomic E-state index is 0.0262. The van der Waals surface area contributed by atoms with E-state index in [0.717, 1.165) is 19.3 Å².